The highest BCUT2D eigenvalue weighted by Gasteiger charge is 2.17. The molecule has 3 N–H and O–H groups in total. The van der Waals surface area contributed by atoms with Crippen molar-refractivity contribution in [1.82, 2.24) is 15.0 Å². The van der Waals surface area contributed by atoms with E-state index in [0.717, 1.165) is 19.3 Å². The molecule has 8 nitrogen and oxygen atoms in total. The maximum atomic E-state index is 10.5. The van der Waals surface area contributed by atoms with Crippen molar-refractivity contribution in [3.05, 3.63) is 36.4 Å². The summed E-state index contributed by atoms with van der Waals surface area (Å²) in [6, 6.07) is 10.5. The Morgan fingerprint density at radius 2 is 1.25 bits per heavy atom. The fourth-order valence-corrected chi connectivity index (χ4v) is 2.97. The molecule has 1 heterocycles. The van der Waals surface area contributed by atoms with Gasteiger partial charge in [-0.2, -0.15) is 9.97 Å². The molecule has 3 rings (SSSR count). The number of nitrogen functional groups attached to an aromatic ring is 1. The lowest BCUT2D eigenvalue weighted by atomic mass is 10.1. The van der Waals surface area contributed by atoms with E-state index >= 15 is 0 Å². The molecule has 0 spiro atoms. The SMILES string of the molecule is CCCOc1ccc(-c2nc(N)nc(-c3ccc(OCCC)cc3OCCC)n2)c(O)c1. The number of aromatic hydroxyl groups is 1. The van der Waals surface area contributed by atoms with E-state index in [4.69, 9.17) is 19.9 Å². The Kier molecular flexibility index (Phi) is 8.08. The zero-order valence-corrected chi connectivity index (χ0v) is 18.8. The average Bonchev–Trinajstić information content (AvgIpc) is 2.79. The third-order valence-corrected chi connectivity index (χ3v) is 4.46. The summed E-state index contributed by atoms with van der Waals surface area (Å²) in [5.74, 6) is 2.55. The van der Waals surface area contributed by atoms with Gasteiger partial charge in [0.25, 0.3) is 0 Å². The number of rotatable bonds is 11. The number of hydrogen-bond acceptors (Lipinski definition) is 8. The molecule has 0 bridgehead atoms. The van der Waals surface area contributed by atoms with Crippen LogP contribution in [0.5, 0.6) is 23.0 Å². The first-order chi connectivity index (χ1) is 15.5. The van der Waals surface area contributed by atoms with Crippen molar-refractivity contribution < 1.29 is 19.3 Å². The smallest absolute Gasteiger partial charge is 0.224 e. The molecule has 8 heteroatoms. The zero-order valence-electron chi connectivity index (χ0n) is 18.8. The predicted octanol–water partition coefficient (Wildman–Crippen LogP) is 4.86. The molecular formula is C24H30N4O4. The Labute approximate surface area is 188 Å². The number of aromatic nitrogens is 3. The second kappa shape index (κ2) is 11.2. The molecule has 0 aliphatic rings. The van der Waals surface area contributed by atoms with Crippen molar-refractivity contribution in [2.75, 3.05) is 25.6 Å². The maximum Gasteiger partial charge on any atom is 0.224 e. The van der Waals surface area contributed by atoms with E-state index in [1.165, 1.54) is 0 Å². The van der Waals surface area contributed by atoms with Gasteiger partial charge in [-0.3, -0.25) is 0 Å². The minimum absolute atomic E-state index is 0.000855. The summed E-state index contributed by atoms with van der Waals surface area (Å²) in [5.41, 5.74) is 7.09. The second-order valence-corrected chi connectivity index (χ2v) is 7.22. The van der Waals surface area contributed by atoms with Crippen molar-refractivity contribution in [3.63, 3.8) is 0 Å². The van der Waals surface area contributed by atoms with Gasteiger partial charge in [0.2, 0.25) is 5.95 Å². The van der Waals surface area contributed by atoms with Gasteiger partial charge in [0.05, 0.1) is 30.9 Å². The Morgan fingerprint density at radius 1 is 0.719 bits per heavy atom. The van der Waals surface area contributed by atoms with Crippen molar-refractivity contribution in [2.45, 2.75) is 40.0 Å². The largest absolute Gasteiger partial charge is 0.507 e. The van der Waals surface area contributed by atoms with E-state index < -0.39 is 0 Å². The van der Waals surface area contributed by atoms with Crippen LogP contribution in [0.15, 0.2) is 36.4 Å². The van der Waals surface area contributed by atoms with Crippen molar-refractivity contribution in [2.24, 2.45) is 0 Å². The summed E-state index contributed by atoms with van der Waals surface area (Å²) < 4.78 is 17.2. The van der Waals surface area contributed by atoms with Gasteiger partial charge >= 0.3 is 0 Å². The van der Waals surface area contributed by atoms with Gasteiger partial charge in [0, 0.05) is 12.1 Å². The molecule has 0 radical (unpaired) electrons. The molecule has 0 aliphatic carbocycles. The van der Waals surface area contributed by atoms with Crippen LogP contribution in [-0.2, 0) is 0 Å². The standard InChI is InChI=1S/C24H30N4O4/c1-4-11-30-16-7-9-18(20(29)14-16)22-26-23(28-24(25)27-22)19-10-8-17(31-12-5-2)15-21(19)32-13-6-3/h7-10,14-15,29H,4-6,11-13H2,1-3H3,(H2,25,26,27,28). The Balaban J connectivity index is 1.99. The zero-order chi connectivity index (χ0) is 22.9. The number of benzene rings is 2. The summed E-state index contributed by atoms with van der Waals surface area (Å²) >= 11 is 0. The molecule has 0 fully saturated rings. The molecule has 170 valence electrons. The van der Waals surface area contributed by atoms with Crippen LogP contribution in [0, 0.1) is 0 Å². The topological polar surface area (TPSA) is 113 Å². The minimum atomic E-state index is 0.000855. The highest BCUT2D eigenvalue weighted by molar-refractivity contribution is 5.71. The van der Waals surface area contributed by atoms with E-state index in [9.17, 15) is 5.11 Å². The number of nitrogens with two attached hydrogens (primary N) is 1. The third kappa shape index (κ3) is 5.78. The lowest BCUT2D eigenvalue weighted by Crippen LogP contribution is -2.05. The summed E-state index contributed by atoms with van der Waals surface area (Å²) in [6.45, 7) is 7.83. The number of phenols is 1. The number of ether oxygens (including phenoxy) is 3. The van der Waals surface area contributed by atoms with Crippen molar-refractivity contribution in [3.8, 4) is 45.8 Å². The molecule has 2 aromatic carbocycles. The molecule has 3 aromatic rings. The molecule has 0 atom stereocenters. The molecule has 0 saturated heterocycles. The van der Waals surface area contributed by atoms with Crippen LogP contribution in [0.25, 0.3) is 22.8 Å². The van der Waals surface area contributed by atoms with Gasteiger partial charge in [0.15, 0.2) is 11.6 Å². The number of nitrogens with zero attached hydrogens (tertiary/aromatic N) is 3. The van der Waals surface area contributed by atoms with Crippen molar-refractivity contribution in [1.29, 1.82) is 0 Å². The van der Waals surface area contributed by atoms with Crippen molar-refractivity contribution >= 4 is 5.95 Å². The molecular weight excluding hydrogens is 408 g/mol. The monoisotopic (exact) mass is 438 g/mol. The number of hydrogen-bond donors (Lipinski definition) is 2. The van der Waals surface area contributed by atoms with Crippen LogP contribution in [0.1, 0.15) is 40.0 Å². The maximum absolute atomic E-state index is 10.5. The van der Waals surface area contributed by atoms with Gasteiger partial charge in [-0.1, -0.05) is 20.8 Å². The molecule has 1 aromatic heterocycles. The second-order valence-electron chi connectivity index (χ2n) is 7.22. The van der Waals surface area contributed by atoms with E-state index in [1.807, 2.05) is 32.0 Å². The summed E-state index contributed by atoms with van der Waals surface area (Å²) in [6.07, 6.45) is 2.64. The highest BCUT2D eigenvalue weighted by atomic mass is 16.5. The lowest BCUT2D eigenvalue weighted by molar-refractivity contribution is 0.302. The first-order valence-corrected chi connectivity index (χ1v) is 10.9. The Morgan fingerprint density at radius 3 is 1.84 bits per heavy atom. The first-order valence-electron chi connectivity index (χ1n) is 10.9. The van der Waals surface area contributed by atoms with E-state index in [2.05, 4.69) is 21.9 Å². The average molecular weight is 439 g/mol. The van der Waals surface area contributed by atoms with Gasteiger partial charge in [-0.05, 0) is 43.5 Å². The van der Waals surface area contributed by atoms with E-state index in [-0.39, 0.29) is 17.5 Å². The first kappa shape index (κ1) is 23.1. The van der Waals surface area contributed by atoms with Crippen LogP contribution in [-0.4, -0.2) is 39.9 Å². The van der Waals surface area contributed by atoms with E-state index in [0.29, 0.717) is 54.0 Å². The quantitative estimate of drug-likeness (QED) is 0.436. The Bertz CT molecular complexity index is 1040. The summed E-state index contributed by atoms with van der Waals surface area (Å²) in [5, 5.41) is 10.5. The van der Waals surface area contributed by atoms with Gasteiger partial charge in [-0.25, -0.2) is 4.98 Å². The molecule has 32 heavy (non-hydrogen) atoms. The van der Waals surface area contributed by atoms with Gasteiger partial charge in [0.1, 0.15) is 23.0 Å². The van der Waals surface area contributed by atoms with Gasteiger partial charge < -0.3 is 25.1 Å². The molecule has 0 unspecified atom stereocenters. The third-order valence-electron chi connectivity index (χ3n) is 4.46. The fourth-order valence-electron chi connectivity index (χ4n) is 2.97. The molecule has 0 saturated carbocycles. The van der Waals surface area contributed by atoms with Crippen LogP contribution < -0.4 is 19.9 Å². The minimum Gasteiger partial charge on any atom is -0.507 e. The van der Waals surface area contributed by atoms with Crippen LogP contribution in [0.4, 0.5) is 5.95 Å². The van der Waals surface area contributed by atoms with E-state index in [1.54, 1.807) is 18.2 Å². The number of anilines is 1. The lowest BCUT2D eigenvalue weighted by Gasteiger charge is -2.14. The summed E-state index contributed by atoms with van der Waals surface area (Å²) in [7, 11) is 0. The summed E-state index contributed by atoms with van der Waals surface area (Å²) in [4.78, 5) is 13.1. The fraction of sp³-hybridized carbons (Fsp3) is 0.375. The van der Waals surface area contributed by atoms with Crippen LogP contribution in [0.2, 0.25) is 0 Å². The normalized spacial score (nSPS) is 10.7. The van der Waals surface area contributed by atoms with Crippen LogP contribution in [0.3, 0.4) is 0 Å². The van der Waals surface area contributed by atoms with Crippen LogP contribution >= 0.6 is 0 Å². The predicted molar refractivity (Wildman–Crippen MR) is 124 cm³/mol. The molecule has 0 amide bonds. The van der Waals surface area contributed by atoms with Gasteiger partial charge in [-0.15, -0.1) is 0 Å². The number of phenolic OH excluding ortho intramolecular Hbond substituents is 1. The highest BCUT2D eigenvalue weighted by Crippen LogP contribution is 2.35. The molecule has 0 aliphatic heterocycles. The Hall–Kier alpha value is -3.55.